The standard InChI is InChI=1S/C14H21NO3S/c1-11(2)9-18-14-5-3-4-12(8-14)15-13-6-7-19(16,17)10-13/h3-5,8,11,13,15H,6-7,9-10H2,1-2H3. The molecule has 1 aromatic carbocycles. The van der Waals surface area contributed by atoms with Gasteiger partial charge in [0.05, 0.1) is 18.1 Å². The highest BCUT2D eigenvalue weighted by Gasteiger charge is 2.27. The van der Waals surface area contributed by atoms with Gasteiger partial charge in [0.15, 0.2) is 9.84 Å². The van der Waals surface area contributed by atoms with Gasteiger partial charge in [0.2, 0.25) is 0 Å². The number of hydrogen-bond acceptors (Lipinski definition) is 4. The van der Waals surface area contributed by atoms with E-state index in [9.17, 15) is 8.42 Å². The molecule has 0 amide bonds. The van der Waals surface area contributed by atoms with Crippen LogP contribution in [0.15, 0.2) is 24.3 Å². The molecule has 0 bridgehead atoms. The Bertz CT molecular complexity index is 525. The van der Waals surface area contributed by atoms with Gasteiger partial charge in [0.25, 0.3) is 0 Å². The van der Waals surface area contributed by atoms with Crippen molar-refractivity contribution in [1.82, 2.24) is 0 Å². The van der Waals surface area contributed by atoms with Crippen molar-refractivity contribution >= 4 is 15.5 Å². The minimum absolute atomic E-state index is 0.0188. The summed E-state index contributed by atoms with van der Waals surface area (Å²) in [6, 6.07) is 7.71. The average Bonchev–Trinajstić information content (AvgIpc) is 2.66. The summed E-state index contributed by atoms with van der Waals surface area (Å²) in [5.74, 6) is 1.81. The molecule has 1 fully saturated rings. The van der Waals surface area contributed by atoms with E-state index >= 15 is 0 Å². The predicted octanol–water partition coefficient (Wildman–Crippen LogP) is 2.32. The Labute approximate surface area is 115 Å². The molecule has 0 radical (unpaired) electrons. The summed E-state index contributed by atoms with van der Waals surface area (Å²) in [5, 5.41) is 3.27. The second kappa shape index (κ2) is 5.82. The van der Waals surface area contributed by atoms with Crippen LogP contribution in [0, 0.1) is 5.92 Å². The summed E-state index contributed by atoms with van der Waals surface area (Å²) in [4.78, 5) is 0. The van der Waals surface area contributed by atoms with E-state index in [4.69, 9.17) is 4.74 Å². The maximum atomic E-state index is 11.4. The van der Waals surface area contributed by atoms with E-state index in [2.05, 4.69) is 19.2 Å². The quantitative estimate of drug-likeness (QED) is 0.901. The topological polar surface area (TPSA) is 55.4 Å². The van der Waals surface area contributed by atoms with Gasteiger partial charge in [-0.3, -0.25) is 0 Å². The Morgan fingerprint density at radius 1 is 1.42 bits per heavy atom. The smallest absolute Gasteiger partial charge is 0.152 e. The zero-order valence-corrected chi connectivity index (χ0v) is 12.2. The van der Waals surface area contributed by atoms with Crippen LogP contribution in [0.1, 0.15) is 20.3 Å². The molecule has 1 aliphatic rings. The molecular weight excluding hydrogens is 262 g/mol. The first-order valence-electron chi connectivity index (χ1n) is 6.64. The van der Waals surface area contributed by atoms with Crippen molar-refractivity contribution < 1.29 is 13.2 Å². The van der Waals surface area contributed by atoms with Crippen LogP contribution < -0.4 is 10.1 Å². The highest BCUT2D eigenvalue weighted by atomic mass is 32.2. The summed E-state index contributed by atoms with van der Waals surface area (Å²) >= 11 is 0. The molecule has 1 saturated heterocycles. The fraction of sp³-hybridized carbons (Fsp3) is 0.571. The first-order valence-corrected chi connectivity index (χ1v) is 8.46. The lowest BCUT2D eigenvalue weighted by Crippen LogP contribution is -2.20. The van der Waals surface area contributed by atoms with E-state index in [0.29, 0.717) is 18.9 Å². The lowest BCUT2D eigenvalue weighted by Gasteiger charge is -2.14. The Hall–Kier alpha value is -1.23. The van der Waals surface area contributed by atoms with Crippen LogP contribution in [0.25, 0.3) is 0 Å². The average molecular weight is 283 g/mol. The number of nitrogens with one attached hydrogen (secondary N) is 1. The SMILES string of the molecule is CC(C)COc1cccc(NC2CCS(=O)(=O)C2)c1. The minimum atomic E-state index is -2.84. The lowest BCUT2D eigenvalue weighted by molar-refractivity contribution is 0.271. The summed E-state index contributed by atoms with van der Waals surface area (Å²) < 4.78 is 28.5. The summed E-state index contributed by atoms with van der Waals surface area (Å²) in [7, 11) is -2.84. The molecule has 1 heterocycles. The van der Waals surface area contributed by atoms with Gasteiger partial charge >= 0.3 is 0 Å². The highest BCUT2D eigenvalue weighted by molar-refractivity contribution is 7.91. The molecule has 0 aliphatic carbocycles. The molecule has 0 saturated carbocycles. The number of sulfone groups is 1. The van der Waals surface area contributed by atoms with Crippen LogP contribution in [0.4, 0.5) is 5.69 Å². The second-order valence-electron chi connectivity index (χ2n) is 5.48. The van der Waals surface area contributed by atoms with Crippen LogP contribution in [-0.2, 0) is 9.84 Å². The van der Waals surface area contributed by atoms with Gasteiger partial charge < -0.3 is 10.1 Å². The fourth-order valence-corrected chi connectivity index (χ4v) is 3.76. The second-order valence-corrected chi connectivity index (χ2v) is 7.71. The van der Waals surface area contributed by atoms with E-state index in [1.165, 1.54) is 0 Å². The number of hydrogen-bond donors (Lipinski definition) is 1. The van der Waals surface area contributed by atoms with E-state index in [1.54, 1.807) is 0 Å². The molecule has 5 heteroatoms. The van der Waals surface area contributed by atoms with Gasteiger partial charge in [-0.2, -0.15) is 0 Å². The maximum absolute atomic E-state index is 11.4. The molecule has 1 aliphatic heterocycles. The van der Waals surface area contributed by atoms with Crippen molar-refractivity contribution in [2.75, 3.05) is 23.4 Å². The van der Waals surface area contributed by atoms with Gasteiger partial charge in [0.1, 0.15) is 5.75 Å². The monoisotopic (exact) mass is 283 g/mol. The van der Waals surface area contributed by atoms with Gasteiger partial charge in [-0.05, 0) is 24.5 Å². The fourth-order valence-electron chi connectivity index (χ4n) is 2.08. The zero-order valence-electron chi connectivity index (χ0n) is 11.4. The molecule has 1 N–H and O–H groups in total. The normalized spacial score (nSPS) is 21.5. The third-order valence-corrected chi connectivity index (χ3v) is 4.79. The summed E-state index contributed by atoms with van der Waals surface area (Å²) in [6.45, 7) is 4.89. The molecular formula is C14H21NO3S. The molecule has 0 spiro atoms. The Morgan fingerprint density at radius 3 is 2.84 bits per heavy atom. The maximum Gasteiger partial charge on any atom is 0.152 e. The number of anilines is 1. The van der Waals surface area contributed by atoms with Gasteiger partial charge in [0, 0.05) is 17.8 Å². The van der Waals surface area contributed by atoms with Gasteiger partial charge in [-0.25, -0.2) is 8.42 Å². The van der Waals surface area contributed by atoms with E-state index in [-0.39, 0.29) is 17.5 Å². The van der Waals surface area contributed by atoms with Crippen LogP contribution in [0.3, 0.4) is 0 Å². The van der Waals surface area contributed by atoms with Crippen LogP contribution >= 0.6 is 0 Å². The Kier molecular flexibility index (Phi) is 4.34. The molecule has 19 heavy (non-hydrogen) atoms. The molecule has 2 rings (SSSR count). The Morgan fingerprint density at radius 2 is 2.21 bits per heavy atom. The van der Waals surface area contributed by atoms with E-state index in [0.717, 1.165) is 11.4 Å². The summed E-state index contributed by atoms with van der Waals surface area (Å²) in [6.07, 6.45) is 0.680. The predicted molar refractivity (Wildman–Crippen MR) is 77.5 cm³/mol. The van der Waals surface area contributed by atoms with Crippen molar-refractivity contribution in [3.8, 4) is 5.75 Å². The number of rotatable bonds is 5. The van der Waals surface area contributed by atoms with Crippen molar-refractivity contribution in [2.45, 2.75) is 26.3 Å². The summed E-state index contributed by atoms with van der Waals surface area (Å²) in [5.41, 5.74) is 0.920. The molecule has 1 atom stereocenters. The molecule has 0 aromatic heterocycles. The van der Waals surface area contributed by atoms with Crippen LogP contribution in [-0.4, -0.2) is 32.6 Å². The number of benzene rings is 1. The van der Waals surface area contributed by atoms with Crippen molar-refractivity contribution in [2.24, 2.45) is 5.92 Å². The van der Waals surface area contributed by atoms with Gasteiger partial charge in [-0.15, -0.1) is 0 Å². The van der Waals surface area contributed by atoms with Crippen molar-refractivity contribution in [3.05, 3.63) is 24.3 Å². The highest BCUT2D eigenvalue weighted by Crippen LogP contribution is 2.21. The molecule has 4 nitrogen and oxygen atoms in total. The van der Waals surface area contributed by atoms with Crippen LogP contribution in [0.2, 0.25) is 0 Å². The van der Waals surface area contributed by atoms with Crippen molar-refractivity contribution in [3.63, 3.8) is 0 Å². The lowest BCUT2D eigenvalue weighted by atomic mass is 10.2. The first-order chi connectivity index (χ1) is 8.94. The van der Waals surface area contributed by atoms with Crippen molar-refractivity contribution in [1.29, 1.82) is 0 Å². The van der Waals surface area contributed by atoms with Crippen LogP contribution in [0.5, 0.6) is 5.75 Å². The zero-order chi connectivity index (χ0) is 13.9. The van der Waals surface area contributed by atoms with E-state index in [1.807, 2.05) is 24.3 Å². The molecule has 1 unspecified atom stereocenters. The third-order valence-electron chi connectivity index (χ3n) is 3.02. The Balaban J connectivity index is 1.95. The number of ether oxygens (including phenoxy) is 1. The van der Waals surface area contributed by atoms with Gasteiger partial charge in [-0.1, -0.05) is 19.9 Å². The minimum Gasteiger partial charge on any atom is -0.493 e. The first kappa shape index (κ1) is 14.2. The third kappa shape index (κ3) is 4.42. The van der Waals surface area contributed by atoms with E-state index < -0.39 is 9.84 Å². The molecule has 106 valence electrons. The molecule has 1 aromatic rings. The largest absolute Gasteiger partial charge is 0.493 e.